The number of rotatable bonds is 10. The Labute approximate surface area is 120 Å². The largest absolute Gasteiger partial charge is 0.379 e. The van der Waals surface area contributed by atoms with E-state index in [0.29, 0.717) is 25.7 Å². The second kappa shape index (κ2) is 8.00. The van der Waals surface area contributed by atoms with Crippen LogP contribution in [0.25, 0.3) is 0 Å². The van der Waals surface area contributed by atoms with E-state index < -0.39 is 0 Å². The molecular weight excluding hydrogens is 258 g/mol. The first-order valence-corrected chi connectivity index (χ1v) is 8.02. The first kappa shape index (κ1) is 15.0. The minimum Gasteiger partial charge on any atom is -0.379 e. The van der Waals surface area contributed by atoms with Gasteiger partial charge in [-0.2, -0.15) is 0 Å². The van der Waals surface area contributed by atoms with Gasteiger partial charge in [0, 0.05) is 28.9 Å². The summed E-state index contributed by atoms with van der Waals surface area (Å²) in [5.74, 6) is 0.596. The third kappa shape index (κ3) is 6.52. The molecule has 0 aromatic carbocycles. The lowest BCUT2D eigenvalue weighted by Gasteiger charge is -2.06. The van der Waals surface area contributed by atoms with E-state index >= 15 is 0 Å². The van der Waals surface area contributed by atoms with Crippen LogP contribution in [0, 0.1) is 5.92 Å². The smallest absolute Gasteiger partial charge is 0.0810 e. The average molecular weight is 283 g/mol. The first-order chi connectivity index (χ1) is 9.24. The van der Waals surface area contributed by atoms with Crippen LogP contribution in [0.15, 0.2) is 12.1 Å². The molecule has 1 fully saturated rings. The molecule has 3 nitrogen and oxygen atoms in total. The van der Waals surface area contributed by atoms with Crippen molar-refractivity contribution in [3.63, 3.8) is 0 Å². The van der Waals surface area contributed by atoms with Crippen molar-refractivity contribution in [3.05, 3.63) is 21.9 Å². The van der Waals surface area contributed by atoms with Gasteiger partial charge in [-0.05, 0) is 30.9 Å². The van der Waals surface area contributed by atoms with Gasteiger partial charge >= 0.3 is 0 Å². The lowest BCUT2D eigenvalue weighted by atomic mass is 10.2. The van der Waals surface area contributed by atoms with Crippen LogP contribution in [0.4, 0.5) is 0 Å². The van der Waals surface area contributed by atoms with E-state index in [0.717, 1.165) is 19.2 Å². The van der Waals surface area contributed by atoms with Gasteiger partial charge in [-0.1, -0.05) is 13.8 Å². The summed E-state index contributed by atoms with van der Waals surface area (Å²) in [6, 6.07) is 5.15. The van der Waals surface area contributed by atoms with Crippen molar-refractivity contribution in [2.45, 2.75) is 45.9 Å². The topological polar surface area (TPSA) is 30.5 Å². The highest BCUT2D eigenvalue weighted by Crippen LogP contribution is 2.22. The Kier molecular flexibility index (Phi) is 6.31. The zero-order valence-corrected chi connectivity index (χ0v) is 12.8. The molecule has 0 saturated heterocycles. The van der Waals surface area contributed by atoms with E-state index in [1.54, 1.807) is 0 Å². The number of hydrogen-bond acceptors (Lipinski definition) is 4. The molecule has 1 saturated carbocycles. The minimum absolute atomic E-state index is 0.596. The van der Waals surface area contributed by atoms with Gasteiger partial charge in [-0.3, -0.25) is 0 Å². The van der Waals surface area contributed by atoms with Gasteiger partial charge in [0.25, 0.3) is 0 Å². The van der Waals surface area contributed by atoms with E-state index in [9.17, 15) is 0 Å². The molecule has 4 heteroatoms. The second-order valence-electron chi connectivity index (χ2n) is 5.54. The summed E-state index contributed by atoms with van der Waals surface area (Å²) in [7, 11) is 0. The zero-order valence-electron chi connectivity index (χ0n) is 12.0. The Balaban J connectivity index is 1.52. The third-order valence-corrected chi connectivity index (χ3v) is 3.99. The molecule has 1 aromatic heterocycles. The quantitative estimate of drug-likeness (QED) is 0.669. The molecule has 0 radical (unpaired) electrons. The molecule has 0 spiro atoms. The SMILES string of the molecule is CC(C)COCCOCc1ccc(CNC2CC2)s1. The van der Waals surface area contributed by atoms with E-state index in [-0.39, 0.29) is 0 Å². The Morgan fingerprint density at radius 3 is 2.68 bits per heavy atom. The van der Waals surface area contributed by atoms with Crippen molar-refractivity contribution in [2.75, 3.05) is 19.8 Å². The normalized spacial score (nSPS) is 15.3. The summed E-state index contributed by atoms with van der Waals surface area (Å²) in [5.41, 5.74) is 0. The molecule has 0 aliphatic heterocycles. The molecular formula is C15H25NO2S. The van der Waals surface area contributed by atoms with Gasteiger partial charge in [-0.25, -0.2) is 0 Å². The van der Waals surface area contributed by atoms with E-state index in [4.69, 9.17) is 9.47 Å². The molecule has 0 amide bonds. The van der Waals surface area contributed by atoms with Crippen LogP contribution in [0.3, 0.4) is 0 Å². The molecule has 0 unspecified atom stereocenters. The van der Waals surface area contributed by atoms with Crippen LogP contribution >= 0.6 is 11.3 Å². The van der Waals surface area contributed by atoms with Gasteiger partial charge in [0.15, 0.2) is 0 Å². The van der Waals surface area contributed by atoms with Crippen molar-refractivity contribution < 1.29 is 9.47 Å². The van der Waals surface area contributed by atoms with Crippen LogP contribution in [0.5, 0.6) is 0 Å². The third-order valence-electron chi connectivity index (χ3n) is 2.93. The van der Waals surface area contributed by atoms with E-state index in [1.165, 1.54) is 22.6 Å². The maximum Gasteiger partial charge on any atom is 0.0810 e. The van der Waals surface area contributed by atoms with Crippen LogP contribution in [0.2, 0.25) is 0 Å². The van der Waals surface area contributed by atoms with Gasteiger partial charge in [-0.15, -0.1) is 11.3 Å². The fourth-order valence-electron chi connectivity index (χ4n) is 1.74. The van der Waals surface area contributed by atoms with Gasteiger partial charge < -0.3 is 14.8 Å². The lowest BCUT2D eigenvalue weighted by Crippen LogP contribution is -2.14. The van der Waals surface area contributed by atoms with E-state index in [2.05, 4.69) is 31.3 Å². The molecule has 1 aliphatic carbocycles. The summed E-state index contributed by atoms with van der Waals surface area (Å²) in [6.07, 6.45) is 2.69. The Hall–Kier alpha value is -0.420. The number of ether oxygens (including phenoxy) is 2. The summed E-state index contributed by atoms with van der Waals surface area (Å²) >= 11 is 1.84. The second-order valence-corrected chi connectivity index (χ2v) is 6.80. The molecule has 2 rings (SSSR count). The lowest BCUT2D eigenvalue weighted by molar-refractivity contribution is 0.0322. The molecule has 1 aliphatic rings. The van der Waals surface area contributed by atoms with Crippen LogP contribution in [-0.2, 0) is 22.6 Å². The summed E-state index contributed by atoms with van der Waals surface area (Å²) in [6.45, 7) is 8.22. The van der Waals surface area contributed by atoms with E-state index in [1.807, 2.05) is 11.3 Å². The first-order valence-electron chi connectivity index (χ1n) is 7.20. The highest BCUT2D eigenvalue weighted by molar-refractivity contribution is 7.11. The predicted molar refractivity (Wildman–Crippen MR) is 79.5 cm³/mol. The molecule has 0 bridgehead atoms. The Morgan fingerprint density at radius 1 is 1.21 bits per heavy atom. The van der Waals surface area contributed by atoms with Gasteiger partial charge in [0.2, 0.25) is 0 Å². The van der Waals surface area contributed by atoms with Crippen LogP contribution in [-0.4, -0.2) is 25.9 Å². The number of nitrogens with one attached hydrogen (secondary N) is 1. The average Bonchev–Trinajstić information content (AvgIpc) is 3.10. The maximum absolute atomic E-state index is 5.62. The molecule has 1 N–H and O–H groups in total. The van der Waals surface area contributed by atoms with Crippen molar-refractivity contribution >= 4 is 11.3 Å². The molecule has 1 aromatic rings. The molecule has 108 valence electrons. The fraction of sp³-hybridized carbons (Fsp3) is 0.733. The van der Waals surface area contributed by atoms with Crippen molar-refractivity contribution in [3.8, 4) is 0 Å². The van der Waals surface area contributed by atoms with Crippen LogP contribution in [0.1, 0.15) is 36.4 Å². The van der Waals surface area contributed by atoms with Crippen LogP contribution < -0.4 is 5.32 Å². The van der Waals surface area contributed by atoms with Crippen molar-refractivity contribution in [1.82, 2.24) is 5.32 Å². The van der Waals surface area contributed by atoms with Gasteiger partial charge in [0.1, 0.15) is 0 Å². The molecule has 1 heterocycles. The number of hydrogen-bond donors (Lipinski definition) is 1. The van der Waals surface area contributed by atoms with Crippen molar-refractivity contribution in [2.24, 2.45) is 5.92 Å². The molecule has 0 atom stereocenters. The standard InChI is InChI=1S/C15H25NO2S/c1-12(2)10-17-7-8-18-11-15-6-5-14(19-15)9-16-13-3-4-13/h5-6,12-13,16H,3-4,7-11H2,1-2H3. The monoisotopic (exact) mass is 283 g/mol. The fourth-order valence-corrected chi connectivity index (χ4v) is 2.64. The maximum atomic E-state index is 5.62. The van der Waals surface area contributed by atoms with Gasteiger partial charge in [0.05, 0.1) is 19.8 Å². The highest BCUT2D eigenvalue weighted by atomic mass is 32.1. The highest BCUT2D eigenvalue weighted by Gasteiger charge is 2.20. The Bertz CT molecular complexity index is 361. The predicted octanol–water partition coefficient (Wildman–Crippen LogP) is 3.19. The Morgan fingerprint density at radius 2 is 1.95 bits per heavy atom. The zero-order chi connectivity index (χ0) is 13.5. The summed E-state index contributed by atoms with van der Waals surface area (Å²) < 4.78 is 11.1. The van der Waals surface area contributed by atoms with Crippen molar-refractivity contribution in [1.29, 1.82) is 0 Å². The number of thiophene rings is 1. The summed E-state index contributed by atoms with van der Waals surface area (Å²) in [5, 5.41) is 3.53. The summed E-state index contributed by atoms with van der Waals surface area (Å²) in [4.78, 5) is 2.71. The molecule has 19 heavy (non-hydrogen) atoms. The minimum atomic E-state index is 0.596.